The molecule has 0 saturated heterocycles. The molecule has 0 heterocycles. The SMILES string of the molecule is CC(=O)C(C)C.CCCNC(=O)C(C)C. The van der Waals surface area contributed by atoms with Crippen molar-refractivity contribution in [3.63, 3.8) is 0 Å². The predicted octanol–water partition coefficient (Wildman–Crippen LogP) is 2.40. The average Bonchev–Trinajstić information content (AvgIpc) is 2.14. The number of carbonyl (C=O) groups excluding carboxylic acids is 2. The minimum atomic E-state index is 0.122. The Hall–Kier alpha value is -0.860. The number of rotatable bonds is 4. The van der Waals surface area contributed by atoms with E-state index in [1.807, 2.05) is 34.6 Å². The molecule has 1 amide bonds. The van der Waals surface area contributed by atoms with Crippen LogP contribution < -0.4 is 5.32 Å². The minimum Gasteiger partial charge on any atom is -0.356 e. The quantitative estimate of drug-likeness (QED) is 0.782. The Bertz CT molecular complexity index is 186. The van der Waals surface area contributed by atoms with Gasteiger partial charge in [0.2, 0.25) is 5.91 Å². The van der Waals surface area contributed by atoms with Crippen molar-refractivity contribution in [2.24, 2.45) is 11.8 Å². The van der Waals surface area contributed by atoms with Crippen molar-refractivity contribution in [3.05, 3.63) is 0 Å². The highest BCUT2D eigenvalue weighted by Gasteiger charge is 2.03. The second-order valence-corrected chi connectivity index (χ2v) is 4.21. The highest BCUT2D eigenvalue weighted by Crippen LogP contribution is 1.90. The molecule has 0 aliphatic carbocycles. The van der Waals surface area contributed by atoms with Gasteiger partial charge in [0.1, 0.15) is 5.78 Å². The monoisotopic (exact) mass is 215 g/mol. The molecule has 3 nitrogen and oxygen atoms in total. The van der Waals surface area contributed by atoms with Gasteiger partial charge in [-0.1, -0.05) is 34.6 Å². The van der Waals surface area contributed by atoms with Crippen LogP contribution >= 0.6 is 0 Å². The van der Waals surface area contributed by atoms with E-state index >= 15 is 0 Å². The highest BCUT2D eigenvalue weighted by molar-refractivity contribution is 5.77. The third kappa shape index (κ3) is 13.1. The summed E-state index contributed by atoms with van der Waals surface area (Å²) < 4.78 is 0. The van der Waals surface area contributed by atoms with Crippen molar-refractivity contribution in [1.82, 2.24) is 5.32 Å². The molecule has 0 unspecified atom stereocenters. The maximum atomic E-state index is 10.8. The van der Waals surface area contributed by atoms with E-state index in [0.717, 1.165) is 13.0 Å². The van der Waals surface area contributed by atoms with E-state index in [2.05, 4.69) is 5.32 Å². The van der Waals surface area contributed by atoms with Gasteiger partial charge in [-0.15, -0.1) is 0 Å². The molecule has 3 heteroatoms. The van der Waals surface area contributed by atoms with Gasteiger partial charge in [0.15, 0.2) is 0 Å². The Morgan fingerprint density at radius 1 is 1.07 bits per heavy atom. The van der Waals surface area contributed by atoms with Gasteiger partial charge in [0, 0.05) is 18.4 Å². The van der Waals surface area contributed by atoms with Gasteiger partial charge in [0.05, 0.1) is 0 Å². The molecule has 90 valence electrons. The molecule has 0 spiro atoms. The lowest BCUT2D eigenvalue weighted by Crippen LogP contribution is -2.28. The Morgan fingerprint density at radius 3 is 1.67 bits per heavy atom. The first-order valence-corrected chi connectivity index (χ1v) is 5.61. The summed E-state index contributed by atoms with van der Waals surface area (Å²) in [5.74, 6) is 0.744. The molecular formula is C12H25NO2. The second-order valence-electron chi connectivity index (χ2n) is 4.21. The lowest BCUT2D eigenvalue weighted by Gasteiger charge is -2.04. The van der Waals surface area contributed by atoms with E-state index in [4.69, 9.17) is 0 Å². The van der Waals surface area contributed by atoms with E-state index in [0.29, 0.717) is 0 Å². The number of hydrogen-bond acceptors (Lipinski definition) is 2. The number of carbonyl (C=O) groups is 2. The second kappa shape index (κ2) is 9.69. The fraction of sp³-hybridized carbons (Fsp3) is 0.833. The zero-order valence-electron chi connectivity index (χ0n) is 10.9. The summed E-state index contributed by atoms with van der Waals surface area (Å²) in [6.07, 6.45) is 1.01. The van der Waals surface area contributed by atoms with Crippen LogP contribution in [0.1, 0.15) is 48.0 Å². The molecule has 15 heavy (non-hydrogen) atoms. The molecule has 1 N–H and O–H groups in total. The van der Waals surface area contributed by atoms with Crippen LogP contribution in [-0.4, -0.2) is 18.2 Å². The molecule has 0 saturated carbocycles. The van der Waals surface area contributed by atoms with E-state index in [1.165, 1.54) is 0 Å². The van der Waals surface area contributed by atoms with E-state index < -0.39 is 0 Å². The summed E-state index contributed by atoms with van der Waals surface area (Å²) >= 11 is 0. The Labute approximate surface area is 93.6 Å². The van der Waals surface area contributed by atoms with Gasteiger partial charge in [-0.25, -0.2) is 0 Å². The average molecular weight is 215 g/mol. The summed E-state index contributed by atoms with van der Waals surface area (Å²) in [7, 11) is 0. The zero-order valence-corrected chi connectivity index (χ0v) is 10.9. The lowest BCUT2D eigenvalue weighted by atomic mass is 10.1. The molecular weight excluding hydrogens is 190 g/mol. The largest absolute Gasteiger partial charge is 0.356 e. The van der Waals surface area contributed by atoms with Crippen LogP contribution in [0, 0.1) is 11.8 Å². The van der Waals surface area contributed by atoms with Gasteiger partial charge >= 0.3 is 0 Å². The van der Waals surface area contributed by atoms with Crippen molar-refractivity contribution >= 4 is 11.7 Å². The summed E-state index contributed by atoms with van der Waals surface area (Å²) in [6.45, 7) is 12.0. The number of ketones is 1. The standard InChI is InChI=1S/C7H15NO.C5H10O/c1-4-5-8-7(9)6(2)3;1-4(2)5(3)6/h6H,4-5H2,1-3H3,(H,8,9);4H,1-3H3. The van der Waals surface area contributed by atoms with Crippen molar-refractivity contribution in [2.75, 3.05) is 6.54 Å². The van der Waals surface area contributed by atoms with Crippen LogP contribution in [0.3, 0.4) is 0 Å². The zero-order chi connectivity index (χ0) is 12.4. The fourth-order valence-corrected chi connectivity index (χ4v) is 0.452. The first-order valence-electron chi connectivity index (χ1n) is 5.61. The highest BCUT2D eigenvalue weighted by atomic mass is 16.1. The van der Waals surface area contributed by atoms with Crippen LogP contribution in [-0.2, 0) is 9.59 Å². The maximum Gasteiger partial charge on any atom is 0.222 e. The Kier molecular flexibility index (Phi) is 10.7. The molecule has 0 aromatic heterocycles. The fourth-order valence-electron chi connectivity index (χ4n) is 0.452. The third-order valence-electron chi connectivity index (χ3n) is 1.89. The molecule has 0 aromatic rings. The number of nitrogens with one attached hydrogen (secondary N) is 1. The molecule has 0 aromatic carbocycles. The van der Waals surface area contributed by atoms with E-state index in [1.54, 1.807) is 6.92 Å². The van der Waals surface area contributed by atoms with Crippen LogP contribution in [0.15, 0.2) is 0 Å². The van der Waals surface area contributed by atoms with Crippen LogP contribution in [0.25, 0.3) is 0 Å². The first kappa shape index (κ1) is 16.6. The van der Waals surface area contributed by atoms with Gasteiger partial charge in [-0.3, -0.25) is 9.59 Å². The Morgan fingerprint density at radius 2 is 1.47 bits per heavy atom. The topological polar surface area (TPSA) is 46.2 Å². The van der Waals surface area contributed by atoms with E-state index in [-0.39, 0.29) is 23.5 Å². The van der Waals surface area contributed by atoms with Crippen LogP contribution in [0.5, 0.6) is 0 Å². The third-order valence-corrected chi connectivity index (χ3v) is 1.89. The number of hydrogen-bond donors (Lipinski definition) is 1. The molecule has 0 bridgehead atoms. The molecule has 0 fully saturated rings. The first-order chi connectivity index (χ1) is 6.82. The van der Waals surface area contributed by atoms with Crippen molar-refractivity contribution in [2.45, 2.75) is 48.0 Å². The van der Waals surface area contributed by atoms with Crippen LogP contribution in [0.4, 0.5) is 0 Å². The summed E-state index contributed by atoms with van der Waals surface area (Å²) in [4.78, 5) is 20.9. The minimum absolute atomic E-state index is 0.122. The Balaban J connectivity index is 0. The normalized spacial score (nSPS) is 9.60. The molecule has 0 atom stereocenters. The van der Waals surface area contributed by atoms with Crippen LogP contribution in [0.2, 0.25) is 0 Å². The van der Waals surface area contributed by atoms with Crippen molar-refractivity contribution < 1.29 is 9.59 Å². The summed E-state index contributed by atoms with van der Waals surface area (Å²) in [5.41, 5.74) is 0. The molecule has 0 aliphatic rings. The van der Waals surface area contributed by atoms with Gasteiger partial charge < -0.3 is 5.32 Å². The summed E-state index contributed by atoms with van der Waals surface area (Å²) in [5, 5.41) is 2.79. The smallest absolute Gasteiger partial charge is 0.222 e. The van der Waals surface area contributed by atoms with Crippen molar-refractivity contribution in [1.29, 1.82) is 0 Å². The summed E-state index contributed by atoms with van der Waals surface area (Å²) in [6, 6.07) is 0. The van der Waals surface area contributed by atoms with E-state index in [9.17, 15) is 9.59 Å². The number of amides is 1. The van der Waals surface area contributed by atoms with Crippen molar-refractivity contribution in [3.8, 4) is 0 Å². The van der Waals surface area contributed by atoms with Gasteiger partial charge in [-0.2, -0.15) is 0 Å². The molecule has 0 rings (SSSR count). The maximum absolute atomic E-state index is 10.8. The van der Waals surface area contributed by atoms with Gasteiger partial charge in [0.25, 0.3) is 0 Å². The predicted molar refractivity (Wildman–Crippen MR) is 63.7 cm³/mol. The molecule has 0 radical (unpaired) electrons. The number of Topliss-reactive ketones (excluding diaryl/α,β-unsaturated/α-hetero) is 1. The lowest BCUT2D eigenvalue weighted by molar-refractivity contribution is -0.124. The molecule has 0 aliphatic heterocycles. The van der Waals surface area contributed by atoms with Gasteiger partial charge in [-0.05, 0) is 13.3 Å².